The van der Waals surface area contributed by atoms with Crippen LogP contribution in [0.1, 0.15) is 37.6 Å². The van der Waals surface area contributed by atoms with Gasteiger partial charge in [-0.2, -0.15) is 0 Å². The molecule has 2 aromatic heterocycles. The highest BCUT2D eigenvalue weighted by atomic mass is 32.2. The summed E-state index contributed by atoms with van der Waals surface area (Å²) >= 11 is 4.87. The van der Waals surface area contributed by atoms with Gasteiger partial charge in [0.15, 0.2) is 5.16 Å². The fourth-order valence-corrected chi connectivity index (χ4v) is 6.95. The zero-order valence-electron chi connectivity index (χ0n) is 19.5. The first-order valence-corrected chi connectivity index (χ1v) is 14.2. The largest absolute Gasteiger partial charge is 0.370 e. The Bertz CT molecular complexity index is 1360. The molecule has 0 saturated heterocycles. The number of thiophene rings is 1. The zero-order chi connectivity index (χ0) is 23.7. The highest BCUT2D eigenvalue weighted by molar-refractivity contribution is 8.00. The molecule has 0 unspecified atom stereocenters. The summed E-state index contributed by atoms with van der Waals surface area (Å²) in [5.74, 6) is 1.22. The van der Waals surface area contributed by atoms with E-state index in [0.29, 0.717) is 6.61 Å². The Morgan fingerprint density at radius 2 is 1.97 bits per heavy atom. The minimum absolute atomic E-state index is 0.0383. The molecule has 1 aliphatic rings. The number of ether oxygens (including phenoxy) is 1. The molecule has 3 heterocycles. The number of rotatable bonds is 7. The average Bonchev–Trinajstić information content (AvgIpc) is 3.18. The van der Waals surface area contributed by atoms with Crippen molar-refractivity contribution in [3.8, 4) is 0 Å². The fraction of sp³-hybridized carbons (Fsp3) is 0.346. The van der Waals surface area contributed by atoms with Crippen molar-refractivity contribution in [1.82, 2.24) is 9.97 Å². The topological polar surface area (TPSA) is 64.1 Å². The van der Waals surface area contributed by atoms with Crippen LogP contribution in [0.25, 0.3) is 21.0 Å². The third-order valence-corrected chi connectivity index (χ3v) is 8.84. The van der Waals surface area contributed by atoms with Crippen LogP contribution in [0.2, 0.25) is 0 Å². The van der Waals surface area contributed by atoms with Crippen LogP contribution in [0.3, 0.4) is 0 Å². The molecule has 5 nitrogen and oxygen atoms in total. The predicted octanol–water partition coefficient (Wildman–Crippen LogP) is 6.93. The van der Waals surface area contributed by atoms with Gasteiger partial charge >= 0.3 is 0 Å². The highest BCUT2D eigenvalue weighted by Gasteiger charge is 2.31. The number of benzene rings is 2. The molecule has 0 spiro atoms. The van der Waals surface area contributed by atoms with E-state index in [4.69, 9.17) is 14.7 Å². The van der Waals surface area contributed by atoms with Gasteiger partial charge in [0.2, 0.25) is 5.91 Å². The standard InChI is InChI=1S/C26H27N3O2S3/c1-4-12-32-25-28-23(22-18-13-26(2,3)31-14-20(18)34-24(22)29-25)33-15-21(30)27-19-11-7-9-16-8-5-6-10-17(16)19/h5-11H,4,12-15H2,1-3H3,(H,27,30). The number of thioether (sulfide) groups is 2. The number of carbonyl (C=O) groups is 1. The molecule has 1 amide bonds. The summed E-state index contributed by atoms with van der Waals surface area (Å²) in [6.07, 6.45) is 1.88. The van der Waals surface area contributed by atoms with Crippen LogP contribution in [0.5, 0.6) is 0 Å². The van der Waals surface area contributed by atoms with Crippen LogP contribution in [0.4, 0.5) is 5.69 Å². The lowest BCUT2D eigenvalue weighted by Gasteiger charge is -2.30. The maximum atomic E-state index is 13.0. The van der Waals surface area contributed by atoms with E-state index in [0.717, 1.165) is 55.5 Å². The molecule has 5 rings (SSSR count). The van der Waals surface area contributed by atoms with Crippen LogP contribution in [-0.4, -0.2) is 33.0 Å². The van der Waals surface area contributed by atoms with Crippen LogP contribution in [0, 0.1) is 0 Å². The zero-order valence-corrected chi connectivity index (χ0v) is 22.0. The summed E-state index contributed by atoms with van der Waals surface area (Å²) in [4.78, 5) is 24.9. The molecule has 0 saturated carbocycles. The summed E-state index contributed by atoms with van der Waals surface area (Å²) in [5, 5.41) is 8.02. The van der Waals surface area contributed by atoms with Gasteiger partial charge in [-0.3, -0.25) is 4.79 Å². The van der Waals surface area contributed by atoms with Gasteiger partial charge in [0, 0.05) is 33.5 Å². The van der Waals surface area contributed by atoms with Crippen molar-refractivity contribution in [3.05, 3.63) is 52.9 Å². The number of hydrogen-bond acceptors (Lipinski definition) is 7. The Hall–Kier alpha value is -2.13. The molecule has 0 fully saturated rings. The molecule has 0 atom stereocenters. The van der Waals surface area contributed by atoms with Gasteiger partial charge in [-0.25, -0.2) is 9.97 Å². The van der Waals surface area contributed by atoms with Crippen molar-refractivity contribution in [2.75, 3.05) is 16.8 Å². The maximum absolute atomic E-state index is 13.0. The molecule has 4 aromatic rings. The van der Waals surface area contributed by atoms with Crippen LogP contribution < -0.4 is 5.32 Å². The van der Waals surface area contributed by atoms with Crippen molar-refractivity contribution < 1.29 is 9.53 Å². The van der Waals surface area contributed by atoms with Crippen molar-refractivity contribution in [2.24, 2.45) is 0 Å². The maximum Gasteiger partial charge on any atom is 0.234 e. The molecular weight excluding hydrogens is 483 g/mol. The minimum Gasteiger partial charge on any atom is -0.370 e. The van der Waals surface area contributed by atoms with Gasteiger partial charge in [0.1, 0.15) is 9.86 Å². The van der Waals surface area contributed by atoms with Gasteiger partial charge < -0.3 is 10.1 Å². The van der Waals surface area contributed by atoms with Crippen molar-refractivity contribution >= 4 is 67.4 Å². The molecule has 8 heteroatoms. The molecule has 34 heavy (non-hydrogen) atoms. The van der Waals surface area contributed by atoms with Gasteiger partial charge in [0.05, 0.1) is 18.0 Å². The van der Waals surface area contributed by atoms with Gasteiger partial charge in [0.25, 0.3) is 0 Å². The van der Waals surface area contributed by atoms with E-state index in [1.165, 1.54) is 22.2 Å². The number of hydrogen-bond donors (Lipinski definition) is 1. The third-order valence-electron chi connectivity index (χ3n) is 5.72. The lowest BCUT2D eigenvalue weighted by atomic mass is 9.95. The Morgan fingerprint density at radius 3 is 2.82 bits per heavy atom. The summed E-state index contributed by atoms with van der Waals surface area (Å²) in [6.45, 7) is 7.00. The van der Waals surface area contributed by atoms with E-state index >= 15 is 0 Å². The monoisotopic (exact) mass is 509 g/mol. The molecule has 0 aliphatic carbocycles. The second-order valence-electron chi connectivity index (χ2n) is 8.93. The first-order chi connectivity index (χ1) is 16.4. The number of fused-ring (bicyclic) bond motifs is 4. The van der Waals surface area contributed by atoms with E-state index < -0.39 is 0 Å². The number of nitrogens with zero attached hydrogens (tertiary/aromatic N) is 2. The number of aromatic nitrogens is 2. The number of anilines is 1. The molecule has 176 valence electrons. The van der Waals surface area contributed by atoms with Gasteiger partial charge in [-0.1, -0.05) is 66.8 Å². The second kappa shape index (κ2) is 9.85. The second-order valence-corrected chi connectivity index (χ2v) is 12.0. The average molecular weight is 510 g/mol. The Morgan fingerprint density at radius 1 is 1.15 bits per heavy atom. The van der Waals surface area contributed by atoms with Crippen LogP contribution in [-0.2, 0) is 22.6 Å². The fourth-order valence-electron chi connectivity index (χ4n) is 4.11. The summed E-state index contributed by atoms with van der Waals surface area (Å²) in [5.41, 5.74) is 1.90. The Kier molecular flexibility index (Phi) is 6.84. The predicted molar refractivity (Wildman–Crippen MR) is 144 cm³/mol. The van der Waals surface area contributed by atoms with Gasteiger partial charge in [-0.15, -0.1) is 11.3 Å². The first kappa shape index (κ1) is 23.6. The first-order valence-electron chi connectivity index (χ1n) is 11.4. The van der Waals surface area contributed by atoms with Gasteiger partial charge in [-0.05, 0) is 37.3 Å². The highest BCUT2D eigenvalue weighted by Crippen LogP contribution is 2.42. The van der Waals surface area contributed by atoms with Crippen molar-refractivity contribution in [1.29, 1.82) is 0 Å². The summed E-state index contributed by atoms with van der Waals surface area (Å²) < 4.78 is 6.04. The van der Waals surface area contributed by atoms with Crippen LogP contribution in [0.15, 0.2) is 52.6 Å². The molecule has 1 N–H and O–H groups in total. The smallest absolute Gasteiger partial charge is 0.234 e. The van der Waals surface area contributed by atoms with Crippen molar-refractivity contribution in [2.45, 2.75) is 56.0 Å². The lowest BCUT2D eigenvalue weighted by molar-refractivity contribution is -0.113. The van der Waals surface area contributed by atoms with Crippen molar-refractivity contribution in [3.63, 3.8) is 0 Å². The Labute approximate surface area is 212 Å². The summed E-state index contributed by atoms with van der Waals surface area (Å²) in [7, 11) is 0. The molecule has 0 bridgehead atoms. The minimum atomic E-state index is -0.218. The van der Waals surface area contributed by atoms with E-state index in [2.05, 4.69) is 38.2 Å². The van der Waals surface area contributed by atoms with Crippen LogP contribution >= 0.6 is 34.9 Å². The normalized spacial score (nSPS) is 14.9. The lowest BCUT2D eigenvalue weighted by Crippen LogP contribution is -2.31. The van der Waals surface area contributed by atoms with E-state index in [1.54, 1.807) is 23.1 Å². The SMILES string of the molecule is CCCSc1nc(SCC(=O)Nc2cccc3ccccc23)c2c3c(sc2n1)COC(C)(C)C3. The molecule has 2 aromatic carbocycles. The number of carbonyl (C=O) groups excluding carboxylic acids is 1. The summed E-state index contributed by atoms with van der Waals surface area (Å²) in [6, 6.07) is 14.1. The molecule has 0 radical (unpaired) electrons. The third kappa shape index (κ3) is 4.96. The molecule has 1 aliphatic heterocycles. The molecular formula is C26H27N3O2S3. The number of nitrogens with one attached hydrogen (secondary N) is 1. The van der Waals surface area contributed by atoms with E-state index in [9.17, 15) is 4.79 Å². The number of amides is 1. The van der Waals surface area contributed by atoms with E-state index in [1.807, 2.05) is 30.3 Å². The Balaban J connectivity index is 1.42. The van der Waals surface area contributed by atoms with E-state index in [-0.39, 0.29) is 17.3 Å². The quantitative estimate of drug-likeness (QED) is 0.166.